The van der Waals surface area contributed by atoms with E-state index in [1.54, 1.807) is 18.4 Å². The number of fused-ring (bicyclic) bond motifs is 1. The lowest BCUT2D eigenvalue weighted by molar-refractivity contribution is -0.385. The van der Waals surface area contributed by atoms with Gasteiger partial charge in [0.15, 0.2) is 0 Å². The van der Waals surface area contributed by atoms with Crippen LogP contribution in [0.15, 0.2) is 53.5 Å². The molecule has 0 N–H and O–H groups in total. The van der Waals surface area contributed by atoms with Crippen LogP contribution in [0.1, 0.15) is 11.8 Å². The topological polar surface area (TPSA) is 64.7 Å². The van der Waals surface area contributed by atoms with Gasteiger partial charge in [0.2, 0.25) is 6.23 Å². The smallest absolute Gasteiger partial charge is 0.269 e. The predicted octanol–water partition coefficient (Wildman–Crippen LogP) is 1.68. The fourth-order valence-electron chi connectivity index (χ4n) is 1.94. The minimum atomic E-state index is -0.533. The fraction of sp³-hybridized carbons (Fsp3) is 0.0714. The normalized spacial score (nSPS) is 16.5. The zero-order valence-corrected chi connectivity index (χ0v) is 9.89. The van der Waals surface area contributed by atoms with Crippen LogP contribution in [0, 0.1) is 10.1 Å². The zero-order chi connectivity index (χ0) is 13.2. The highest BCUT2D eigenvalue weighted by Gasteiger charge is 2.15. The van der Waals surface area contributed by atoms with Crippen molar-refractivity contribution in [2.75, 3.05) is 0 Å². The Morgan fingerprint density at radius 3 is 2.84 bits per heavy atom. The number of benzene rings is 2. The van der Waals surface area contributed by atoms with Crippen molar-refractivity contribution >= 4 is 11.9 Å². The fourth-order valence-corrected chi connectivity index (χ4v) is 1.94. The van der Waals surface area contributed by atoms with Crippen LogP contribution in [-0.2, 0) is 4.74 Å². The standard InChI is InChI=1S/C14H10N2O3/c17-16(18)12-6-3-5-10(8-12)14-15-13-7-2-1-4-11(13)9-19-14/h1-9,14H. The summed E-state index contributed by atoms with van der Waals surface area (Å²) in [6.07, 6.45) is 1.10. The van der Waals surface area contributed by atoms with E-state index >= 15 is 0 Å². The molecule has 0 saturated carbocycles. The van der Waals surface area contributed by atoms with Gasteiger partial charge in [0.1, 0.15) is 0 Å². The SMILES string of the molecule is O=[N+]([O-])c1cccc(C2N=c3ccccc3=CO2)c1. The highest BCUT2D eigenvalue weighted by Crippen LogP contribution is 2.23. The molecule has 0 radical (unpaired) electrons. The first kappa shape index (κ1) is 11.4. The summed E-state index contributed by atoms with van der Waals surface area (Å²) < 4.78 is 5.51. The van der Waals surface area contributed by atoms with Gasteiger partial charge in [-0.2, -0.15) is 0 Å². The number of hydrogen-bond acceptors (Lipinski definition) is 4. The molecule has 3 rings (SSSR count). The molecule has 0 bridgehead atoms. The molecule has 1 aliphatic rings. The third kappa shape index (κ3) is 2.18. The van der Waals surface area contributed by atoms with Crippen LogP contribution in [0.3, 0.4) is 0 Å². The van der Waals surface area contributed by atoms with Crippen molar-refractivity contribution in [2.24, 2.45) is 4.99 Å². The van der Waals surface area contributed by atoms with Crippen molar-refractivity contribution in [2.45, 2.75) is 6.23 Å². The van der Waals surface area contributed by atoms with Crippen molar-refractivity contribution in [3.05, 3.63) is 74.8 Å². The second kappa shape index (κ2) is 4.53. The molecule has 0 amide bonds. The Kier molecular flexibility index (Phi) is 2.72. The summed E-state index contributed by atoms with van der Waals surface area (Å²) in [4.78, 5) is 14.8. The van der Waals surface area contributed by atoms with Crippen LogP contribution in [0.25, 0.3) is 6.26 Å². The molecule has 94 valence electrons. The summed E-state index contributed by atoms with van der Waals surface area (Å²) in [5, 5.41) is 12.5. The molecule has 2 aromatic carbocycles. The Hall–Kier alpha value is -2.69. The zero-order valence-electron chi connectivity index (χ0n) is 9.89. The number of non-ortho nitro benzene ring substituents is 1. The van der Waals surface area contributed by atoms with Gasteiger partial charge in [-0.05, 0) is 12.1 Å². The Morgan fingerprint density at radius 1 is 1.16 bits per heavy atom. The first-order valence-corrected chi connectivity index (χ1v) is 5.77. The van der Waals surface area contributed by atoms with E-state index in [0.29, 0.717) is 5.56 Å². The quantitative estimate of drug-likeness (QED) is 0.605. The average molecular weight is 254 g/mol. The van der Waals surface area contributed by atoms with E-state index in [-0.39, 0.29) is 5.69 Å². The van der Waals surface area contributed by atoms with Crippen LogP contribution in [-0.4, -0.2) is 4.92 Å². The summed E-state index contributed by atoms with van der Waals surface area (Å²) in [7, 11) is 0. The highest BCUT2D eigenvalue weighted by molar-refractivity contribution is 5.36. The van der Waals surface area contributed by atoms with Crippen LogP contribution in [0.2, 0.25) is 0 Å². The molecule has 5 heteroatoms. The van der Waals surface area contributed by atoms with E-state index in [4.69, 9.17) is 4.74 Å². The summed E-state index contributed by atoms with van der Waals surface area (Å²) in [5.41, 5.74) is 0.704. The van der Waals surface area contributed by atoms with Crippen molar-refractivity contribution in [1.29, 1.82) is 0 Å². The number of hydrogen-bond donors (Lipinski definition) is 0. The molecule has 1 aliphatic heterocycles. The molecule has 1 heterocycles. The first-order chi connectivity index (χ1) is 9.24. The number of nitro benzene ring substituents is 1. The van der Waals surface area contributed by atoms with E-state index in [2.05, 4.69) is 4.99 Å². The highest BCUT2D eigenvalue weighted by atomic mass is 16.6. The molecule has 2 aromatic rings. The summed E-state index contributed by atoms with van der Waals surface area (Å²) in [6.45, 7) is 0. The Bertz CT molecular complexity index is 755. The van der Waals surface area contributed by atoms with Gasteiger partial charge < -0.3 is 4.74 Å². The summed E-state index contributed by atoms with van der Waals surface area (Å²) in [5.74, 6) is 0. The van der Waals surface area contributed by atoms with E-state index < -0.39 is 11.2 Å². The molecule has 0 fully saturated rings. The molecule has 0 aliphatic carbocycles. The van der Waals surface area contributed by atoms with Gasteiger partial charge in [0.05, 0.1) is 16.5 Å². The monoisotopic (exact) mass is 254 g/mol. The van der Waals surface area contributed by atoms with Gasteiger partial charge in [-0.3, -0.25) is 10.1 Å². The van der Waals surface area contributed by atoms with Crippen molar-refractivity contribution in [1.82, 2.24) is 0 Å². The van der Waals surface area contributed by atoms with Crippen LogP contribution < -0.4 is 10.6 Å². The van der Waals surface area contributed by atoms with Crippen LogP contribution >= 0.6 is 0 Å². The lowest BCUT2D eigenvalue weighted by atomic mass is 10.1. The lowest BCUT2D eigenvalue weighted by Crippen LogP contribution is -2.29. The van der Waals surface area contributed by atoms with Crippen molar-refractivity contribution in [3.63, 3.8) is 0 Å². The number of rotatable bonds is 2. The maximum atomic E-state index is 10.8. The Labute approximate surface area is 108 Å². The largest absolute Gasteiger partial charge is 0.471 e. The third-order valence-electron chi connectivity index (χ3n) is 2.88. The maximum Gasteiger partial charge on any atom is 0.269 e. The molecule has 1 unspecified atom stereocenters. The van der Waals surface area contributed by atoms with Crippen LogP contribution in [0.5, 0.6) is 0 Å². The van der Waals surface area contributed by atoms with Gasteiger partial charge >= 0.3 is 0 Å². The van der Waals surface area contributed by atoms with Gasteiger partial charge in [-0.25, -0.2) is 4.99 Å². The number of nitro groups is 1. The molecule has 19 heavy (non-hydrogen) atoms. The molecule has 1 atom stereocenters. The van der Waals surface area contributed by atoms with Gasteiger partial charge in [0.25, 0.3) is 5.69 Å². The number of nitrogens with zero attached hydrogens (tertiary/aromatic N) is 2. The van der Waals surface area contributed by atoms with Gasteiger partial charge in [-0.15, -0.1) is 0 Å². The van der Waals surface area contributed by atoms with Crippen LogP contribution in [0.4, 0.5) is 5.69 Å². The van der Waals surface area contributed by atoms with Crippen molar-refractivity contribution in [3.8, 4) is 0 Å². The minimum absolute atomic E-state index is 0.0372. The Morgan fingerprint density at radius 2 is 2.00 bits per heavy atom. The van der Waals surface area contributed by atoms with Gasteiger partial charge in [-0.1, -0.05) is 24.3 Å². The molecule has 0 saturated heterocycles. The second-order valence-electron chi connectivity index (χ2n) is 4.15. The molecule has 0 spiro atoms. The summed E-state index contributed by atoms with van der Waals surface area (Å²) >= 11 is 0. The molecular weight excluding hydrogens is 244 g/mol. The molecule has 5 nitrogen and oxygen atoms in total. The summed E-state index contributed by atoms with van der Waals surface area (Å²) in [6, 6.07) is 13.9. The van der Waals surface area contributed by atoms with E-state index in [0.717, 1.165) is 10.6 Å². The lowest BCUT2D eigenvalue weighted by Gasteiger charge is -2.15. The first-order valence-electron chi connectivity index (χ1n) is 5.77. The number of para-hydroxylation sites is 1. The third-order valence-corrected chi connectivity index (χ3v) is 2.88. The van der Waals surface area contributed by atoms with E-state index in [1.165, 1.54) is 12.1 Å². The van der Waals surface area contributed by atoms with Crippen molar-refractivity contribution < 1.29 is 9.66 Å². The van der Waals surface area contributed by atoms with E-state index in [1.807, 2.05) is 24.3 Å². The predicted molar refractivity (Wildman–Crippen MR) is 68.6 cm³/mol. The molecule has 0 aromatic heterocycles. The number of ether oxygens (including phenoxy) is 1. The Balaban J connectivity index is 2.03. The maximum absolute atomic E-state index is 10.8. The molecular formula is C14H10N2O3. The minimum Gasteiger partial charge on any atom is -0.471 e. The van der Waals surface area contributed by atoms with E-state index in [9.17, 15) is 10.1 Å². The van der Waals surface area contributed by atoms with Gasteiger partial charge in [0, 0.05) is 22.9 Å². The average Bonchev–Trinajstić information content (AvgIpc) is 2.47. The second-order valence-corrected chi connectivity index (χ2v) is 4.15.